The molecule has 0 saturated carbocycles. The second-order valence-electron chi connectivity index (χ2n) is 4.65. The zero-order chi connectivity index (χ0) is 15.7. The molecule has 0 spiro atoms. The van der Waals surface area contributed by atoms with Gasteiger partial charge in [0.05, 0.1) is 10.7 Å². The van der Waals surface area contributed by atoms with Crippen molar-refractivity contribution < 1.29 is 4.79 Å². The molecule has 3 heterocycles. The van der Waals surface area contributed by atoms with Crippen LogP contribution >= 0.6 is 27.5 Å². The van der Waals surface area contributed by atoms with Gasteiger partial charge in [-0.05, 0) is 46.6 Å². The van der Waals surface area contributed by atoms with Gasteiger partial charge >= 0.3 is 0 Å². The van der Waals surface area contributed by atoms with Crippen molar-refractivity contribution in [2.24, 2.45) is 0 Å². The van der Waals surface area contributed by atoms with Gasteiger partial charge in [-0.2, -0.15) is 0 Å². The van der Waals surface area contributed by atoms with Crippen LogP contribution in [0.3, 0.4) is 0 Å². The summed E-state index contributed by atoms with van der Waals surface area (Å²) in [4.78, 5) is 21.2. The molecule has 5 nitrogen and oxygen atoms in total. The van der Waals surface area contributed by atoms with Crippen molar-refractivity contribution in [3.63, 3.8) is 0 Å². The van der Waals surface area contributed by atoms with Crippen molar-refractivity contribution >= 4 is 44.9 Å². The van der Waals surface area contributed by atoms with Gasteiger partial charge in [0.2, 0.25) is 0 Å². The lowest BCUT2D eigenvalue weighted by molar-refractivity contribution is 0.102. The number of anilines is 1. The summed E-state index contributed by atoms with van der Waals surface area (Å²) in [6, 6.07) is 7.08. The number of pyridine rings is 2. The first-order valence-electron chi connectivity index (χ1n) is 6.68. The van der Waals surface area contributed by atoms with E-state index in [1.165, 1.54) is 0 Å². The predicted octanol–water partition coefficient (Wildman–Crippen LogP) is 3.96. The molecule has 0 unspecified atom stereocenters. The van der Waals surface area contributed by atoms with Crippen LogP contribution in [0.25, 0.3) is 5.65 Å². The minimum absolute atomic E-state index is 0.263. The molecule has 112 valence electrons. The van der Waals surface area contributed by atoms with Crippen LogP contribution in [0.4, 0.5) is 5.82 Å². The largest absolute Gasteiger partial charge is 0.305 e. The molecule has 0 radical (unpaired) electrons. The third-order valence-electron chi connectivity index (χ3n) is 3.17. The summed E-state index contributed by atoms with van der Waals surface area (Å²) in [7, 11) is 0. The molecule has 0 saturated heterocycles. The zero-order valence-electron chi connectivity index (χ0n) is 11.7. The third-order valence-corrected chi connectivity index (χ3v) is 3.87. The van der Waals surface area contributed by atoms with Crippen LogP contribution in [0.1, 0.15) is 23.1 Å². The lowest BCUT2D eigenvalue weighted by atomic mass is 10.2. The minimum atomic E-state index is -0.263. The van der Waals surface area contributed by atoms with Crippen LogP contribution in [0.15, 0.2) is 41.1 Å². The van der Waals surface area contributed by atoms with Crippen LogP contribution in [0.2, 0.25) is 5.02 Å². The summed E-state index contributed by atoms with van der Waals surface area (Å²) in [5.74, 6) is 0.216. The molecule has 0 atom stereocenters. The normalized spacial score (nSPS) is 10.9. The highest BCUT2D eigenvalue weighted by Crippen LogP contribution is 2.19. The standard InChI is InChI=1S/C15H12BrClN4O/c1-2-11-14(21-8-10(17)4-6-13(21)19-11)15(22)20-12-5-3-9(16)7-18-12/h3-8H,2H2,1H3,(H,18,20,22). The van der Waals surface area contributed by atoms with Crippen LogP contribution in [0, 0.1) is 0 Å². The molecule has 1 amide bonds. The highest BCUT2D eigenvalue weighted by molar-refractivity contribution is 9.10. The Labute approximate surface area is 140 Å². The second kappa shape index (κ2) is 6.06. The van der Waals surface area contributed by atoms with Crippen LogP contribution in [-0.2, 0) is 6.42 Å². The number of nitrogens with one attached hydrogen (secondary N) is 1. The summed E-state index contributed by atoms with van der Waals surface area (Å²) in [6.45, 7) is 1.96. The maximum atomic E-state index is 12.6. The van der Waals surface area contributed by atoms with Crippen LogP contribution in [0.5, 0.6) is 0 Å². The number of imidazole rings is 1. The molecule has 3 aromatic rings. The molecule has 0 bridgehead atoms. The van der Waals surface area contributed by atoms with E-state index in [0.29, 0.717) is 28.6 Å². The molecule has 7 heteroatoms. The van der Waals surface area contributed by atoms with Crippen LogP contribution in [-0.4, -0.2) is 20.3 Å². The van der Waals surface area contributed by atoms with Gasteiger partial charge < -0.3 is 5.32 Å². The molecular formula is C15H12BrClN4O. The smallest absolute Gasteiger partial charge is 0.275 e. The summed E-state index contributed by atoms with van der Waals surface area (Å²) in [5, 5.41) is 3.33. The molecule has 3 aromatic heterocycles. The molecular weight excluding hydrogens is 368 g/mol. The Balaban J connectivity index is 2.02. The molecule has 0 aromatic carbocycles. The molecule has 0 aliphatic rings. The predicted molar refractivity (Wildman–Crippen MR) is 89.5 cm³/mol. The third kappa shape index (κ3) is 2.84. The van der Waals surface area contributed by atoms with Gasteiger partial charge in [0, 0.05) is 16.9 Å². The number of carbonyl (C=O) groups is 1. The van der Waals surface area contributed by atoms with Crippen molar-refractivity contribution in [1.82, 2.24) is 14.4 Å². The average Bonchev–Trinajstić information content (AvgIpc) is 2.87. The summed E-state index contributed by atoms with van der Waals surface area (Å²) in [6.07, 6.45) is 3.96. The Hall–Kier alpha value is -1.92. The number of halogens is 2. The fraction of sp³-hybridized carbons (Fsp3) is 0.133. The van der Waals surface area contributed by atoms with E-state index in [9.17, 15) is 4.79 Å². The maximum absolute atomic E-state index is 12.6. The highest BCUT2D eigenvalue weighted by atomic mass is 79.9. The Morgan fingerprint density at radius 1 is 1.36 bits per heavy atom. The number of fused-ring (bicyclic) bond motifs is 1. The Bertz CT molecular complexity index is 845. The number of aryl methyl sites for hydroxylation is 1. The van der Waals surface area contributed by atoms with E-state index in [-0.39, 0.29) is 5.91 Å². The lowest BCUT2D eigenvalue weighted by Crippen LogP contribution is -2.17. The van der Waals surface area contributed by atoms with E-state index in [4.69, 9.17) is 11.6 Å². The molecule has 3 rings (SSSR count). The van der Waals surface area contributed by atoms with E-state index in [1.807, 2.05) is 13.0 Å². The van der Waals surface area contributed by atoms with Gasteiger partial charge in [-0.1, -0.05) is 18.5 Å². The number of carbonyl (C=O) groups excluding carboxylic acids is 1. The van der Waals surface area contributed by atoms with E-state index in [1.54, 1.807) is 35.0 Å². The number of nitrogens with zero attached hydrogens (tertiary/aromatic N) is 3. The maximum Gasteiger partial charge on any atom is 0.275 e. The van der Waals surface area contributed by atoms with Gasteiger partial charge in [0.1, 0.15) is 17.2 Å². The highest BCUT2D eigenvalue weighted by Gasteiger charge is 2.18. The number of hydrogen-bond donors (Lipinski definition) is 1. The fourth-order valence-corrected chi connectivity index (χ4v) is 2.57. The zero-order valence-corrected chi connectivity index (χ0v) is 14.0. The lowest BCUT2D eigenvalue weighted by Gasteiger charge is -2.06. The number of aromatic nitrogens is 3. The fourth-order valence-electron chi connectivity index (χ4n) is 2.18. The van der Waals surface area contributed by atoms with Crippen molar-refractivity contribution in [3.05, 3.63) is 57.5 Å². The van der Waals surface area contributed by atoms with Gasteiger partial charge in [0.15, 0.2) is 0 Å². The Morgan fingerprint density at radius 3 is 2.86 bits per heavy atom. The van der Waals surface area contributed by atoms with E-state index < -0.39 is 0 Å². The van der Waals surface area contributed by atoms with Crippen molar-refractivity contribution in [1.29, 1.82) is 0 Å². The molecule has 22 heavy (non-hydrogen) atoms. The van der Waals surface area contributed by atoms with Gasteiger partial charge in [-0.3, -0.25) is 9.20 Å². The van der Waals surface area contributed by atoms with Crippen molar-refractivity contribution in [3.8, 4) is 0 Å². The van der Waals surface area contributed by atoms with Crippen molar-refractivity contribution in [2.75, 3.05) is 5.32 Å². The molecule has 0 aliphatic carbocycles. The SMILES string of the molecule is CCc1nc2ccc(Cl)cn2c1C(=O)Nc1ccc(Br)cn1. The van der Waals surface area contributed by atoms with Crippen LogP contribution < -0.4 is 5.32 Å². The van der Waals surface area contributed by atoms with E-state index >= 15 is 0 Å². The summed E-state index contributed by atoms with van der Waals surface area (Å²) < 4.78 is 2.55. The Morgan fingerprint density at radius 2 is 2.18 bits per heavy atom. The quantitative estimate of drug-likeness (QED) is 0.749. The first kappa shape index (κ1) is 15.0. The summed E-state index contributed by atoms with van der Waals surface area (Å²) in [5.41, 5.74) is 1.89. The second-order valence-corrected chi connectivity index (χ2v) is 6.00. The summed E-state index contributed by atoms with van der Waals surface area (Å²) >= 11 is 9.34. The Kier molecular flexibility index (Phi) is 4.13. The van der Waals surface area contributed by atoms with Gasteiger partial charge in [0.25, 0.3) is 5.91 Å². The molecule has 0 fully saturated rings. The monoisotopic (exact) mass is 378 g/mol. The molecule has 0 aliphatic heterocycles. The minimum Gasteiger partial charge on any atom is -0.305 e. The molecule has 1 N–H and O–H groups in total. The average molecular weight is 380 g/mol. The number of rotatable bonds is 3. The van der Waals surface area contributed by atoms with Gasteiger partial charge in [-0.15, -0.1) is 0 Å². The first-order chi connectivity index (χ1) is 10.6. The number of hydrogen-bond acceptors (Lipinski definition) is 3. The topological polar surface area (TPSA) is 59.3 Å². The van der Waals surface area contributed by atoms with E-state index in [2.05, 4.69) is 31.2 Å². The van der Waals surface area contributed by atoms with Gasteiger partial charge in [-0.25, -0.2) is 9.97 Å². The van der Waals surface area contributed by atoms with Crippen molar-refractivity contribution in [2.45, 2.75) is 13.3 Å². The van der Waals surface area contributed by atoms with E-state index in [0.717, 1.165) is 10.2 Å². The number of amides is 1. The first-order valence-corrected chi connectivity index (χ1v) is 7.85.